The van der Waals surface area contributed by atoms with E-state index in [4.69, 9.17) is 28.4 Å². The second kappa shape index (κ2) is 16.8. The Balaban J connectivity index is 1.35. The van der Waals surface area contributed by atoms with Gasteiger partial charge in [0.2, 0.25) is 0 Å². The molecule has 3 aliphatic carbocycles. The first-order valence-electron chi connectivity index (χ1n) is 20.7. The molecule has 1 aliphatic heterocycles. The Kier molecular flexibility index (Phi) is 12.0. The molecule has 62 heavy (non-hydrogen) atoms. The standard InChI is InChI=1S/C49H52O13/c1-28-36(59-29(2)50)25-49(56)45(57-26-33-14-10-8-11-15-33)43-47(7,44(55)42(60-30(3)51)40(28)46(49,5)6)37(24-38-48(43,27-58-38)62-31(4)52)61-39(53)23-20-32-18-21-35(22-19-32)41(54)34-16-12-9-13-17-34/h8-23,36-38,42-43,45,56H,24-27H2,1-7H3/b23-20+/t36-,37-,38+,42+,43?,45-,47+,48-,49?/m0/s1. The average molecular weight is 849 g/mol. The quantitative estimate of drug-likeness (QED) is 0.0773. The van der Waals surface area contributed by atoms with Gasteiger partial charge in [-0.1, -0.05) is 98.8 Å². The lowest BCUT2D eigenvalue weighted by atomic mass is 9.44. The predicted molar refractivity (Wildman–Crippen MR) is 223 cm³/mol. The molecule has 3 aromatic carbocycles. The zero-order chi connectivity index (χ0) is 44.8. The second-order valence-corrected chi connectivity index (χ2v) is 17.4. The number of rotatable bonds is 11. The number of ketones is 2. The molecule has 1 heterocycles. The number of ether oxygens (including phenoxy) is 6. The smallest absolute Gasteiger partial charge is 0.331 e. The molecule has 0 spiro atoms. The van der Waals surface area contributed by atoms with Gasteiger partial charge in [-0.05, 0) is 42.2 Å². The monoisotopic (exact) mass is 848 g/mol. The number of Topliss-reactive ketones (excluding diaryl/α,β-unsaturated/α-hetero) is 1. The van der Waals surface area contributed by atoms with Crippen LogP contribution < -0.4 is 0 Å². The normalized spacial score (nSPS) is 31.0. The SMILES string of the molecule is CC(=O)O[C@H]1C(=O)[C@@]2(C)C([C@H](OCc3ccccc3)C3(O)C[C@H](OC(C)=O)C(C)=C1C3(C)C)[C@]1(OC(C)=O)CO[C@@H]1C[C@@H]2OC(=O)/C=C/c1ccc(C(=O)c2ccccc2)cc1. The molecule has 0 amide bonds. The molecule has 4 aliphatic rings. The van der Waals surface area contributed by atoms with Crippen LogP contribution in [0.15, 0.2) is 102 Å². The number of carbonyl (C=O) groups excluding carboxylic acids is 6. The molecule has 9 atom stereocenters. The minimum Gasteiger partial charge on any atom is -0.458 e. The maximum Gasteiger partial charge on any atom is 0.331 e. The van der Waals surface area contributed by atoms with Gasteiger partial charge in [-0.15, -0.1) is 0 Å². The van der Waals surface area contributed by atoms with Crippen molar-refractivity contribution >= 4 is 41.5 Å². The summed E-state index contributed by atoms with van der Waals surface area (Å²) in [4.78, 5) is 81.6. The zero-order valence-corrected chi connectivity index (χ0v) is 35.9. The summed E-state index contributed by atoms with van der Waals surface area (Å²) in [6.07, 6.45) is -4.01. The highest BCUT2D eigenvalue weighted by molar-refractivity contribution is 6.09. The lowest BCUT2D eigenvalue weighted by Crippen LogP contribution is -2.82. The van der Waals surface area contributed by atoms with Gasteiger partial charge in [-0.2, -0.15) is 0 Å². The van der Waals surface area contributed by atoms with Crippen molar-refractivity contribution in [2.45, 2.75) is 110 Å². The van der Waals surface area contributed by atoms with Crippen LogP contribution in [0.3, 0.4) is 0 Å². The highest BCUT2D eigenvalue weighted by atomic mass is 16.6. The third-order valence-corrected chi connectivity index (χ3v) is 13.4. The maximum absolute atomic E-state index is 15.9. The van der Waals surface area contributed by atoms with Gasteiger partial charge in [0.05, 0.1) is 24.7 Å². The van der Waals surface area contributed by atoms with Crippen LogP contribution in [0.4, 0.5) is 0 Å². The van der Waals surface area contributed by atoms with E-state index >= 15 is 4.79 Å². The van der Waals surface area contributed by atoms with Gasteiger partial charge in [0.25, 0.3) is 0 Å². The molecule has 2 saturated carbocycles. The van der Waals surface area contributed by atoms with Gasteiger partial charge in [0.15, 0.2) is 23.3 Å². The molecular formula is C49H52O13. The van der Waals surface area contributed by atoms with Crippen molar-refractivity contribution in [2.75, 3.05) is 6.61 Å². The number of hydrogen-bond donors (Lipinski definition) is 1. The topological polar surface area (TPSA) is 178 Å². The van der Waals surface area contributed by atoms with Crippen LogP contribution in [0.5, 0.6) is 0 Å². The lowest BCUT2D eigenvalue weighted by Gasteiger charge is -2.68. The minimum atomic E-state index is -2.03. The Morgan fingerprint density at radius 1 is 0.806 bits per heavy atom. The van der Waals surface area contributed by atoms with Crippen molar-refractivity contribution in [1.82, 2.24) is 0 Å². The Labute approximate surface area is 360 Å². The van der Waals surface area contributed by atoms with Gasteiger partial charge >= 0.3 is 23.9 Å². The van der Waals surface area contributed by atoms with E-state index in [2.05, 4.69) is 0 Å². The van der Waals surface area contributed by atoms with Gasteiger partial charge in [-0.3, -0.25) is 24.0 Å². The van der Waals surface area contributed by atoms with Crippen molar-refractivity contribution < 1.29 is 62.3 Å². The Morgan fingerprint density at radius 3 is 2.00 bits per heavy atom. The van der Waals surface area contributed by atoms with Gasteiger partial charge < -0.3 is 33.5 Å². The number of hydrogen-bond acceptors (Lipinski definition) is 13. The number of fused-ring (bicyclic) bond motifs is 5. The van der Waals surface area contributed by atoms with Crippen molar-refractivity contribution in [3.05, 3.63) is 124 Å². The van der Waals surface area contributed by atoms with Crippen LogP contribution in [-0.4, -0.2) is 88.9 Å². The summed E-state index contributed by atoms with van der Waals surface area (Å²) in [5.41, 5.74) is -4.03. The van der Waals surface area contributed by atoms with Crippen molar-refractivity contribution in [2.24, 2.45) is 16.7 Å². The largest absolute Gasteiger partial charge is 0.458 e. The summed E-state index contributed by atoms with van der Waals surface area (Å²) >= 11 is 0. The lowest BCUT2D eigenvalue weighted by molar-refractivity contribution is -0.352. The van der Waals surface area contributed by atoms with E-state index in [-0.39, 0.29) is 37.4 Å². The molecule has 3 aromatic rings. The molecule has 326 valence electrons. The molecule has 1 saturated heterocycles. The summed E-state index contributed by atoms with van der Waals surface area (Å²) in [5, 5.41) is 13.6. The Hall–Kier alpha value is -5.76. The number of carbonyl (C=O) groups is 6. The van der Waals surface area contributed by atoms with Crippen molar-refractivity contribution in [3.8, 4) is 0 Å². The third-order valence-electron chi connectivity index (χ3n) is 13.4. The molecule has 7 rings (SSSR count). The molecule has 2 unspecified atom stereocenters. The number of esters is 4. The zero-order valence-electron chi connectivity index (χ0n) is 35.9. The molecule has 0 aromatic heterocycles. The van der Waals surface area contributed by atoms with E-state index < -0.39 is 88.1 Å². The van der Waals surface area contributed by atoms with Gasteiger partial charge in [0, 0.05) is 62.1 Å². The predicted octanol–water partition coefficient (Wildman–Crippen LogP) is 6.08. The molecule has 3 fully saturated rings. The first-order chi connectivity index (χ1) is 29.3. The third kappa shape index (κ3) is 7.71. The van der Waals surface area contributed by atoms with Crippen LogP contribution in [0.1, 0.15) is 88.4 Å². The Bertz CT molecular complexity index is 2320. The summed E-state index contributed by atoms with van der Waals surface area (Å²) in [5.74, 6) is -5.13. The fourth-order valence-corrected chi connectivity index (χ4v) is 10.3. The van der Waals surface area contributed by atoms with E-state index in [0.29, 0.717) is 22.3 Å². The average Bonchev–Trinajstić information content (AvgIpc) is 3.22. The summed E-state index contributed by atoms with van der Waals surface area (Å²) in [6.45, 7) is 10.0. The van der Waals surface area contributed by atoms with Gasteiger partial charge in [-0.25, -0.2) is 4.79 Å². The van der Waals surface area contributed by atoms with Crippen LogP contribution in [0.2, 0.25) is 0 Å². The fraction of sp³-hybridized carbons (Fsp3) is 0.429. The molecule has 1 N–H and O–H groups in total. The van der Waals surface area contributed by atoms with Gasteiger partial charge in [0.1, 0.15) is 23.9 Å². The molecule has 13 heteroatoms. The van der Waals surface area contributed by atoms with E-state index in [0.717, 1.165) is 12.5 Å². The van der Waals surface area contributed by atoms with Crippen LogP contribution >= 0.6 is 0 Å². The number of aliphatic hydroxyl groups is 1. The number of benzene rings is 3. The first kappa shape index (κ1) is 44.3. The van der Waals surface area contributed by atoms with Crippen LogP contribution in [-0.2, 0) is 59.0 Å². The Morgan fingerprint density at radius 2 is 1.42 bits per heavy atom. The molecule has 2 bridgehead atoms. The van der Waals surface area contributed by atoms with Crippen LogP contribution in [0, 0.1) is 16.7 Å². The molecular weight excluding hydrogens is 797 g/mol. The maximum atomic E-state index is 15.9. The first-order valence-corrected chi connectivity index (χ1v) is 20.7. The van der Waals surface area contributed by atoms with E-state index in [9.17, 15) is 29.1 Å². The fourth-order valence-electron chi connectivity index (χ4n) is 10.3. The molecule has 13 nitrogen and oxygen atoms in total. The highest BCUT2D eigenvalue weighted by Crippen LogP contribution is 2.65. The summed E-state index contributed by atoms with van der Waals surface area (Å²) < 4.78 is 37.3. The van der Waals surface area contributed by atoms with Crippen LogP contribution in [0.25, 0.3) is 6.08 Å². The second-order valence-electron chi connectivity index (χ2n) is 17.4. The summed E-state index contributed by atoms with van der Waals surface area (Å²) in [6, 6.07) is 24.7. The summed E-state index contributed by atoms with van der Waals surface area (Å²) in [7, 11) is 0. The molecule has 0 radical (unpaired) electrons. The van der Waals surface area contributed by atoms with E-state index in [1.54, 1.807) is 76.2 Å². The van der Waals surface area contributed by atoms with E-state index in [1.165, 1.54) is 26.0 Å². The van der Waals surface area contributed by atoms with E-state index in [1.807, 2.05) is 36.4 Å². The highest BCUT2D eigenvalue weighted by Gasteiger charge is 2.78. The minimum absolute atomic E-state index is 0.0705. The van der Waals surface area contributed by atoms with Crippen molar-refractivity contribution in [1.29, 1.82) is 0 Å². The van der Waals surface area contributed by atoms with Crippen molar-refractivity contribution in [3.63, 3.8) is 0 Å².